The molecule has 9 heteroatoms. The Hall–Kier alpha value is -1.97. The molecule has 1 saturated heterocycles. The Morgan fingerprint density at radius 2 is 2.37 bits per heavy atom. The number of rotatable bonds is 7. The normalized spacial score (nSPS) is 19.8. The fourth-order valence-corrected chi connectivity index (χ4v) is 4.03. The van der Waals surface area contributed by atoms with E-state index < -0.39 is 0 Å². The molecule has 2 aromatic rings. The second kappa shape index (κ2) is 9.82. The lowest BCUT2D eigenvalue weighted by Crippen LogP contribution is -2.48. The van der Waals surface area contributed by atoms with Crippen LogP contribution in [0.25, 0.3) is 0 Å². The zero-order chi connectivity index (χ0) is 19.1. The van der Waals surface area contributed by atoms with Crippen LogP contribution in [0.2, 0.25) is 0 Å². The Bertz CT molecular complexity index is 715. The van der Waals surface area contributed by atoms with Gasteiger partial charge in [-0.25, -0.2) is 9.98 Å². The van der Waals surface area contributed by atoms with Crippen LogP contribution < -0.4 is 10.6 Å². The van der Waals surface area contributed by atoms with E-state index in [4.69, 9.17) is 4.74 Å². The summed E-state index contributed by atoms with van der Waals surface area (Å²) in [5, 5.41) is 13.1. The van der Waals surface area contributed by atoms with E-state index in [0.717, 1.165) is 44.6 Å². The van der Waals surface area contributed by atoms with E-state index in [1.165, 1.54) is 4.88 Å². The molecule has 0 aliphatic carbocycles. The molecular weight excluding hydrogens is 362 g/mol. The second-order valence-corrected chi connectivity index (χ2v) is 7.56. The number of ether oxygens (including phenoxy) is 1. The molecule has 1 aliphatic rings. The number of aryl methyl sites for hydroxylation is 1. The van der Waals surface area contributed by atoms with Gasteiger partial charge in [0.05, 0.1) is 18.8 Å². The summed E-state index contributed by atoms with van der Waals surface area (Å²) in [4.78, 5) is 12.8. The van der Waals surface area contributed by atoms with E-state index in [9.17, 15) is 0 Å². The van der Waals surface area contributed by atoms with Crippen molar-refractivity contribution < 1.29 is 4.74 Å². The highest BCUT2D eigenvalue weighted by atomic mass is 32.1. The number of aliphatic imine (C=N–C) groups is 1. The maximum Gasteiger partial charge on any atom is 0.191 e. The Kier molecular flexibility index (Phi) is 7.19. The summed E-state index contributed by atoms with van der Waals surface area (Å²) in [6.45, 7) is 8.96. The number of thiophene rings is 1. The molecule has 2 atom stereocenters. The summed E-state index contributed by atoms with van der Waals surface area (Å²) in [5.74, 6) is 1.63. The van der Waals surface area contributed by atoms with Gasteiger partial charge in [0.2, 0.25) is 0 Å². The van der Waals surface area contributed by atoms with Crippen molar-refractivity contribution in [3.05, 3.63) is 34.5 Å². The number of nitrogens with one attached hydrogen (secondary N) is 2. The summed E-state index contributed by atoms with van der Waals surface area (Å²) in [6, 6.07) is 4.63. The van der Waals surface area contributed by atoms with E-state index in [2.05, 4.69) is 62.0 Å². The van der Waals surface area contributed by atoms with E-state index in [1.807, 2.05) is 7.05 Å². The summed E-state index contributed by atoms with van der Waals surface area (Å²) >= 11 is 1.80. The third kappa shape index (κ3) is 5.50. The average Bonchev–Trinajstić information content (AvgIpc) is 3.32. The molecule has 0 spiro atoms. The van der Waals surface area contributed by atoms with Gasteiger partial charge in [0.15, 0.2) is 5.96 Å². The first-order valence-electron chi connectivity index (χ1n) is 9.41. The smallest absolute Gasteiger partial charge is 0.191 e. The third-order valence-electron chi connectivity index (χ3n) is 4.58. The number of aromatic nitrogens is 3. The highest BCUT2D eigenvalue weighted by Crippen LogP contribution is 2.26. The summed E-state index contributed by atoms with van der Waals surface area (Å²) in [5.41, 5.74) is 0. The van der Waals surface area contributed by atoms with E-state index in [1.54, 1.807) is 22.3 Å². The molecule has 8 nitrogen and oxygen atoms in total. The predicted octanol–water partition coefficient (Wildman–Crippen LogP) is 1.39. The van der Waals surface area contributed by atoms with Crippen LogP contribution in [0.1, 0.15) is 30.6 Å². The monoisotopic (exact) mass is 391 g/mol. The van der Waals surface area contributed by atoms with Crippen LogP contribution in [0.4, 0.5) is 0 Å². The van der Waals surface area contributed by atoms with Crippen molar-refractivity contribution >= 4 is 17.3 Å². The van der Waals surface area contributed by atoms with Crippen LogP contribution in [0.15, 0.2) is 28.8 Å². The molecule has 27 heavy (non-hydrogen) atoms. The zero-order valence-electron chi connectivity index (χ0n) is 16.3. The number of morpholine rings is 1. The molecule has 0 bridgehead atoms. The summed E-state index contributed by atoms with van der Waals surface area (Å²) < 4.78 is 7.47. The molecule has 0 amide bonds. The van der Waals surface area contributed by atoms with Crippen LogP contribution in [-0.2, 0) is 18.3 Å². The molecule has 0 aromatic carbocycles. The first kappa shape index (κ1) is 19.8. The molecule has 1 aliphatic heterocycles. The van der Waals surface area contributed by atoms with Crippen molar-refractivity contribution in [3.8, 4) is 0 Å². The Morgan fingerprint density at radius 1 is 1.48 bits per heavy atom. The average molecular weight is 392 g/mol. The summed E-state index contributed by atoms with van der Waals surface area (Å²) in [6.07, 6.45) is 1.82. The number of nitrogens with zero attached hydrogens (tertiary/aromatic N) is 5. The van der Waals surface area contributed by atoms with Gasteiger partial charge in [0.1, 0.15) is 18.7 Å². The second-order valence-electron chi connectivity index (χ2n) is 6.58. The molecule has 2 aromatic heterocycles. The minimum absolute atomic E-state index is 0.263. The van der Waals surface area contributed by atoms with Gasteiger partial charge in [-0.05, 0) is 25.3 Å². The van der Waals surface area contributed by atoms with Crippen LogP contribution in [0.3, 0.4) is 0 Å². The van der Waals surface area contributed by atoms with Crippen molar-refractivity contribution in [2.24, 2.45) is 12.0 Å². The molecule has 3 heterocycles. The fourth-order valence-electron chi connectivity index (χ4n) is 3.17. The van der Waals surface area contributed by atoms with Gasteiger partial charge in [0, 0.05) is 38.1 Å². The van der Waals surface area contributed by atoms with Crippen molar-refractivity contribution in [2.45, 2.75) is 32.5 Å². The van der Waals surface area contributed by atoms with Crippen LogP contribution in [-0.4, -0.2) is 64.5 Å². The molecule has 0 radical (unpaired) electrons. The zero-order valence-corrected chi connectivity index (χ0v) is 17.1. The molecule has 1 fully saturated rings. The van der Waals surface area contributed by atoms with Gasteiger partial charge in [0.25, 0.3) is 0 Å². The van der Waals surface area contributed by atoms with Gasteiger partial charge in [-0.1, -0.05) is 6.07 Å². The van der Waals surface area contributed by atoms with E-state index in [-0.39, 0.29) is 6.10 Å². The minimum Gasteiger partial charge on any atom is -0.376 e. The SMILES string of the molecule is CCNC(=NCc1ncnn1C)NCC(c1cccs1)N1CCOC(C)C1. The first-order valence-corrected chi connectivity index (χ1v) is 10.3. The quantitative estimate of drug-likeness (QED) is 0.549. The van der Waals surface area contributed by atoms with Crippen LogP contribution >= 0.6 is 11.3 Å². The molecular formula is C18H29N7OS. The lowest BCUT2D eigenvalue weighted by atomic mass is 10.1. The topological polar surface area (TPSA) is 79.6 Å². The third-order valence-corrected chi connectivity index (χ3v) is 5.55. The minimum atomic E-state index is 0.263. The van der Waals surface area contributed by atoms with Crippen LogP contribution in [0.5, 0.6) is 0 Å². The fraction of sp³-hybridized carbons (Fsp3) is 0.611. The molecule has 0 saturated carbocycles. The molecule has 148 valence electrons. The first-order chi connectivity index (χ1) is 13.2. The Morgan fingerprint density at radius 3 is 3.04 bits per heavy atom. The number of hydrogen-bond donors (Lipinski definition) is 2. The number of guanidine groups is 1. The maximum atomic E-state index is 5.72. The standard InChI is InChI=1S/C18H29N7OS/c1-4-19-18(21-11-17-22-13-23-24(17)3)20-10-15(16-6-5-9-27-16)25-7-8-26-14(2)12-25/h5-6,9,13-15H,4,7-8,10-12H2,1-3H3,(H2,19,20,21). The Labute approximate surface area is 164 Å². The number of hydrogen-bond acceptors (Lipinski definition) is 6. The highest BCUT2D eigenvalue weighted by molar-refractivity contribution is 7.10. The maximum absolute atomic E-state index is 5.72. The van der Waals surface area contributed by atoms with Crippen molar-refractivity contribution in [3.63, 3.8) is 0 Å². The van der Waals surface area contributed by atoms with Gasteiger partial charge >= 0.3 is 0 Å². The Balaban J connectivity index is 1.67. The van der Waals surface area contributed by atoms with Crippen molar-refractivity contribution in [2.75, 3.05) is 32.8 Å². The van der Waals surface area contributed by atoms with Gasteiger partial charge < -0.3 is 15.4 Å². The lowest BCUT2D eigenvalue weighted by molar-refractivity contribution is -0.0334. The largest absolute Gasteiger partial charge is 0.376 e. The highest BCUT2D eigenvalue weighted by Gasteiger charge is 2.26. The summed E-state index contributed by atoms with van der Waals surface area (Å²) in [7, 11) is 1.88. The molecule has 2 unspecified atom stereocenters. The van der Waals surface area contributed by atoms with Crippen molar-refractivity contribution in [1.29, 1.82) is 0 Å². The van der Waals surface area contributed by atoms with Gasteiger partial charge in [-0.2, -0.15) is 5.10 Å². The van der Waals surface area contributed by atoms with E-state index in [0.29, 0.717) is 12.6 Å². The molecule has 3 rings (SSSR count). The van der Waals surface area contributed by atoms with Crippen LogP contribution in [0, 0.1) is 0 Å². The lowest BCUT2D eigenvalue weighted by Gasteiger charge is -2.37. The predicted molar refractivity (Wildman–Crippen MR) is 108 cm³/mol. The van der Waals surface area contributed by atoms with Gasteiger partial charge in [-0.15, -0.1) is 11.3 Å². The molecule has 2 N–H and O–H groups in total. The van der Waals surface area contributed by atoms with Crippen molar-refractivity contribution in [1.82, 2.24) is 30.3 Å². The van der Waals surface area contributed by atoms with Gasteiger partial charge in [-0.3, -0.25) is 9.58 Å². The van der Waals surface area contributed by atoms with E-state index >= 15 is 0 Å².